The second kappa shape index (κ2) is 10.3. The molecule has 0 atom stereocenters. The van der Waals surface area contributed by atoms with Crippen molar-refractivity contribution < 1.29 is 18.7 Å². The summed E-state index contributed by atoms with van der Waals surface area (Å²) in [6, 6.07) is 5.12. The smallest absolute Gasteiger partial charge is 0.261 e. The molecule has 1 aromatic heterocycles. The summed E-state index contributed by atoms with van der Waals surface area (Å²) in [5, 5.41) is 3.64. The molecule has 158 valence electrons. The number of alkyl halides is 1. The maximum absolute atomic E-state index is 12.7. The Morgan fingerprint density at radius 1 is 1.21 bits per heavy atom. The Balaban J connectivity index is 1.91. The summed E-state index contributed by atoms with van der Waals surface area (Å²) in [4.78, 5) is 28.1. The number of nitrogens with one attached hydrogen (secondary N) is 2. The van der Waals surface area contributed by atoms with Crippen molar-refractivity contribution in [2.24, 2.45) is 0 Å². The lowest BCUT2D eigenvalue weighted by molar-refractivity contribution is 0.0926. The van der Waals surface area contributed by atoms with E-state index < -0.39 is 12.2 Å². The Labute approximate surface area is 169 Å². The minimum Gasteiger partial charge on any atom is -0.488 e. The van der Waals surface area contributed by atoms with Gasteiger partial charge in [-0.15, -0.1) is 0 Å². The Morgan fingerprint density at radius 3 is 2.72 bits per heavy atom. The van der Waals surface area contributed by atoms with Crippen LogP contribution in [0.2, 0.25) is 0 Å². The largest absolute Gasteiger partial charge is 0.488 e. The molecule has 1 heterocycles. The highest BCUT2D eigenvalue weighted by molar-refractivity contribution is 5.98. The predicted octanol–water partition coefficient (Wildman–Crippen LogP) is 4.12. The average molecular weight is 403 g/mol. The number of rotatable bonds is 9. The summed E-state index contributed by atoms with van der Waals surface area (Å²) in [5.41, 5.74) is 0.0606. The van der Waals surface area contributed by atoms with E-state index in [0.29, 0.717) is 29.0 Å². The van der Waals surface area contributed by atoms with Gasteiger partial charge in [-0.2, -0.15) is 0 Å². The molecule has 1 aliphatic rings. The molecule has 0 radical (unpaired) electrons. The number of amides is 1. The van der Waals surface area contributed by atoms with E-state index in [2.05, 4.69) is 10.3 Å². The van der Waals surface area contributed by atoms with Gasteiger partial charge in [-0.1, -0.05) is 32.6 Å². The molecule has 1 fully saturated rings. The zero-order valence-corrected chi connectivity index (χ0v) is 16.9. The minimum absolute atomic E-state index is 0.0833. The van der Waals surface area contributed by atoms with E-state index in [4.69, 9.17) is 9.47 Å². The third-order valence-corrected chi connectivity index (χ3v) is 5.20. The van der Waals surface area contributed by atoms with Crippen molar-refractivity contribution in [3.8, 4) is 11.5 Å². The summed E-state index contributed by atoms with van der Waals surface area (Å²) in [6.07, 6.45) is 7.07. The van der Waals surface area contributed by atoms with Gasteiger partial charge in [0.05, 0.1) is 12.1 Å². The average Bonchev–Trinajstić information content (AvgIpc) is 2.73. The summed E-state index contributed by atoms with van der Waals surface area (Å²) >= 11 is 0. The standard InChI is InChI=1S/C22H29FN2O4/c1-2-3-12-29-20-18(28-13-11-23)10-9-15-14-17(22(27)25-19(15)20)21(26)24-16-7-5-4-6-8-16/h9-10,14,16H,2-8,11-13H2,1H3,(H,24,26)(H,25,27)/i23-1. The van der Waals surface area contributed by atoms with Crippen LogP contribution in [0.3, 0.4) is 0 Å². The first-order valence-electron chi connectivity index (χ1n) is 10.5. The Bertz CT molecular complexity index is 890. The molecule has 0 aliphatic heterocycles. The van der Waals surface area contributed by atoms with Crippen LogP contribution >= 0.6 is 0 Å². The number of benzene rings is 1. The topological polar surface area (TPSA) is 80.4 Å². The third-order valence-electron chi connectivity index (χ3n) is 5.20. The van der Waals surface area contributed by atoms with Gasteiger partial charge in [-0.05, 0) is 37.5 Å². The first-order chi connectivity index (χ1) is 14.1. The molecular weight excluding hydrogens is 374 g/mol. The van der Waals surface area contributed by atoms with E-state index in [-0.39, 0.29) is 24.1 Å². The highest BCUT2D eigenvalue weighted by atomic mass is 18.2. The number of fused-ring (bicyclic) bond motifs is 1. The number of carbonyl (C=O) groups excluding carboxylic acids is 1. The molecule has 0 saturated heterocycles. The fraction of sp³-hybridized carbons (Fsp3) is 0.545. The maximum Gasteiger partial charge on any atom is 0.261 e. The van der Waals surface area contributed by atoms with Crippen LogP contribution in [0.5, 0.6) is 11.5 Å². The maximum atomic E-state index is 12.7. The Hall–Kier alpha value is -2.57. The zero-order valence-electron chi connectivity index (χ0n) is 16.9. The number of aromatic nitrogens is 1. The molecule has 1 amide bonds. The van der Waals surface area contributed by atoms with Crippen LogP contribution < -0.4 is 20.3 Å². The van der Waals surface area contributed by atoms with Crippen molar-refractivity contribution in [1.29, 1.82) is 0 Å². The zero-order chi connectivity index (χ0) is 20.6. The predicted molar refractivity (Wildman–Crippen MR) is 111 cm³/mol. The lowest BCUT2D eigenvalue weighted by Crippen LogP contribution is -2.38. The molecule has 2 N–H and O–H groups in total. The van der Waals surface area contributed by atoms with Gasteiger partial charge in [0.1, 0.15) is 18.8 Å². The van der Waals surface area contributed by atoms with E-state index in [0.717, 1.165) is 38.5 Å². The second-order valence-corrected chi connectivity index (χ2v) is 7.42. The molecule has 6 nitrogen and oxygen atoms in total. The first-order valence-corrected chi connectivity index (χ1v) is 10.5. The van der Waals surface area contributed by atoms with Crippen molar-refractivity contribution in [3.63, 3.8) is 0 Å². The highest BCUT2D eigenvalue weighted by Crippen LogP contribution is 2.34. The summed E-state index contributed by atoms with van der Waals surface area (Å²) in [7, 11) is 0. The molecule has 1 saturated carbocycles. The molecule has 0 unspecified atom stereocenters. The monoisotopic (exact) mass is 403 g/mol. The Kier molecular flexibility index (Phi) is 7.49. The van der Waals surface area contributed by atoms with Crippen LogP contribution in [-0.2, 0) is 0 Å². The van der Waals surface area contributed by atoms with E-state index in [1.54, 1.807) is 18.2 Å². The molecular formula is C22H29FN2O4. The summed E-state index contributed by atoms with van der Waals surface area (Å²) in [6.45, 7) is 1.78. The van der Waals surface area contributed by atoms with Gasteiger partial charge in [-0.25, -0.2) is 4.39 Å². The first kappa shape index (κ1) is 21.1. The van der Waals surface area contributed by atoms with Crippen LogP contribution in [0, 0.1) is 0 Å². The number of carbonyl (C=O) groups is 1. The van der Waals surface area contributed by atoms with Crippen molar-refractivity contribution in [1.82, 2.24) is 10.3 Å². The molecule has 1 aromatic carbocycles. The number of unbranched alkanes of at least 4 members (excludes halogenated alkanes) is 1. The van der Waals surface area contributed by atoms with Crippen molar-refractivity contribution >= 4 is 16.8 Å². The molecule has 29 heavy (non-hydrogen) atoms. The van der Waals surface area contributed by atoms with Gasteiger partial charge in [0.15, 0.2) is 11.5 Å². The fourth-order valence-corrected chi connectivity index (χ4v) is 3.63. The van der Waals surface area contributed by atoms with E-state index in [1.165, 1.54) is 6.42 Å². The molecule has 2 aromatic rings. The van der Waals surface area contributed by atoms with Crippen LogP contribution in [0.4, 0.5) is 4.39 Å². The van der Waals surface area contributed by atoms with Gasteiger partial charge in [0.25, 0.3) is 11.5 Å². The number of H-pyrrole nitrogens is 1. The minimum atomic E-state index is -0.622. The quantitative estimate of drug-likeness (QED) is 0.617. The number of hydrogen-bond donors (Lipinski definition) is 2. The Morgan fingerprint density at radius 2 is 2.00 bits per heavy atom. The molecule has 7 heteroatoms. The second-order valence-electron chi connectivity index (χ2n) is 7.42. The molecule has 0 bridgehead atoms. The third kappa shape index (κ3) is 5.28. The lowest BCUT2D eigenvalue weighted by atomic mass is 9.95. The number of aromatic amines is 1. The molecule has 1 aliphatic carbocycles. The van der Waals surface area contributed by atoms with Crippen molar-refractivity contribution in [3.05, 3.63) is 34.1 Å². The van der Waals surface area contributed by atoms with Gasteiger partial charge < -0.3 is 19.8 Å². The van der Waals surface area contributed by atoms with E-state index >= 15 is 0 Å². The SMILES string of the molecule is CCCCOc1c(OCC[18F])ccc2cc(C(=O)NC3CCCCC3)c(=O)[nH]c12. The highest BCUT2D eigenvalue weighted by Gasteiger charge is 2.20. The normalized spacial score (nSPS) is 14.7. The van der Waals surface area contributed by atoms with Gasteiger partial charge in [0.2, 0.25) is 0 Å². The van der Waals surface area contributed by atoms with Gasteiger partial charge in [0, 0.05) is 11.4 Å². The van der Waals surface area contributed by atoms with Gasteiger partial charge in [-0.3, -0.25) is 9.59 Å². The number of halogens is 1. The van der Waals surface area contributed by atoms with Crippen LogP contribution in [0.1, 0.15) is 62.2 Å². The number of ether oxygens (including phenoxy) is 2. The summed E-state index contributed by atoms with van der Waals surface area (Å²) < 4.78 is 23.8. The van der Waals surface area contributed by atoms with Crippen LogP contribution in [0.25, 0.3) is 10.9 Å². The number of pyridine rings is 1. The summed E-state index contributed by atoms with van der Waals surface area (Å²) in [5.74, 6) is 0.397. The van der Waals surface area contributed by atoms with E-state index in [1.807, 2.05) is 6.92 Å². The molecule has 3 rings (SSSR count). The lowest BCUT2D eigenvalue weighted by Gasteiger charge is -2.22. The van der Waals surface area contributed by atoms with Gasteiger partial charge >= 0.3 is 0 Å². The van der Waals surface area contributed by atoms with E-state index in [9.17, 15) is 14.0 Å². The molecule has 0 spiro atoms. The fourth-order valence-electron chi connectivity index (χ4n) is 3.63. The van der Waals surface area contributed by atoms with Crippen molar-refractivity contribution in [2.45, 2.75) is 57.9 Å². The van der Waals surface area contributed by atoms with Crippen LogP contribution in [0.15, 0.2) is 23.0 Å². The van der Waals surface area contributed by atoms with Crippen molar-refractivity contribution in [2.75, 3.05) is 19.9 Å². The van der Waals surface area contributed by atoms with Crippen LogP contribution in [-0.4, -0.2) is 36.8 Å². The number of hydrogen-bond acceptors (Lipinski definition) is 4.